The Morgan fingerprint density at radius 3 is 2.74 bits per heavy atom. The molecule has 0 aliphatic carbocycles. The van der Waals surface area contributed by atoms with Crippen molar-refractivity contribution in [3.8, 4) is 0 Å². The standard InChI is InChI=1S/C10H11Cl2N3O3S/c11-8-5-7(6-14-10(8)12)19(17,18)15-3-1-9(16)13-2-4-15/h5-6H,1-4H2,(H,13,16). The van der Waals surface area contributed by atoms with Gasteiger partial charge in [-0.25, -0.2) is 13.4 Å². The number of hydrogen-bond acceptors (Lipinski definition) is 4. The Kier molecular flexibility index (Phi) is 4.29. The van der Waals surface area contributed by atoms with Gasteiger partial charge in [0.15, 0.2) is 0 Å². The summed E-state index contributed by atoms with van der Waals surface area (Å²) in [6, 6.07) is 1.26. The van der Waals surface area contributed by atoms with Gasteiger partial charge in [0.25, 0.3) is 0 Å². The van der Waals surface area contributed by atoms with E-state index in [1.807, 2.05) is 0 Å². The quantitative estimate of drug-likeness (QED) is 0.820. The predicted octanol–water partition coefficient (Wildman–Crippen LogP) is 0.899. The molecule has 1 saturated heterocycles. The first-order chi connectivity index (χ1) is 8.91. The Labute approximate surface area is 120 Å². The van der Waals surface area contributed by atoms with Crippen LogP contribution >= 0.6 is 23.2 Å². The zero-order chi connectivity index (χ0) is 14.0. The van der Waals surface area contributed by atoms with Crippen LogP contribution in [-0.2, 0) is 14.8 Å². The van der Waals surface area contributed by atoms with Crippen LogP contribution in [0.3, 0.4) is 0 Å². The van der Waals surface area contributed by atoms with E-state index in [9.17, 15) is 13.2 Å². The van der Waals surface area contributed by atoms with E-state index in [0.717, 1.165) is 6.20 Å². The number of halogens is 2. The third kappa shape index (κ3) is 3.17. The van der Waals surface area contributed by atoms with Gasteiger partial charge in [-0.1, -0.05) is 23.2 Å². The van der Waals surface area contributed by atoms with Crippen LogP contribution in [0.2, 0.25) is 10.2 Å². The first-order valence-corrected chi connectivity index (χ1v) is 7.69. The highest BCUT2D eigenvalue weighted by atomic mass is 35.5. The van der Waals surface area contributed by atoms with Crippen LogP contribution in [0.5, 0.6) is 0 Å². The van der Waals surface area contributed by atoms with Crippen LogP contribution in [0.4, 0.5) is 0 Å². The summed E-state index contributed by atoms with van der Waals surface area (Å²) in [6.45, 7) is 0.634. The van der Waals surface area contributed by atoms with Gasteiger partial charge in [0.1, 0.15) is 10.0 Å². The third-order valence-electron chi connectivity index (χ3n) is 2.68. The highest BCUT2D eigenvalue weighted by molar-refractivity contribution is 7.89. The lowest BCUT2D eigenvalue weighted by Gasteiger charge is -2.19. The summed E-state index contributed by atoms with van der Waals surface area (Å²) >= 11 is 11.4. The van der Waals surface area contributed by atoms with Gasteiger partial charge in [-0.05, 0) is 6.07 Å². The van der Waals surface area contributed by atoms with Crippen LogP contribution in [-0.4, -0.2) is 43.2 Å². The minimum atomic E-state index is -3.71. The maximum atomic E-state index is 12.4. The van der Waals surface area contributed by atoms with Gasteiger partial charge in [-0.3, -0.25) is 4.79 Å². The zero-order valence-corrected chi connectivity index (χ0v) is 12.1. The average molecular weight is 324 g/mol. The van der Waals surface area contributed by atoms with Crippen molar-refractivity contribution >= 4 is 39.1 Å². The number of nitrogens with zero attached hydrogens (tertiary/aromatic N) is 2. The van der Waals surface area contributed by atoms with E-state index in [4.69, 9.17) is 23.2 Å². The van der Waals surface area contributed by atoms with Gasteiger partial charge in [0, 0.05) is 32.3 Å². The molecule has 1 N–H and O–H groups in total. The van der Waals surface area contributed by atoms with Crippen molar-refractivity contribution in [2.45, 2.75) is 11.3 Å². The van der Waals surface area contributed by atoms with Crippen molar-refractivity contribution in [1.29, 1.82) is 0 Å². The highest BCUT2D eigenvalue weighted by Gasteiger charge is 2.27. The monoisotopic (exact) mass is 323 g/mol. The maximum Gasteiger partial charge on any atom is 0.244 e. The number of carbonyl (C=O) groups is 1. The van der Waals surface area contributed by atoms with Gasteiger partial charge < -0.3 is 5.32 Å². The Bertz CT molecular complexity index is 606. The van der Waals surface area contributed by atoms with E-state index in [1.54, 1.807) is 0 Å². The number of amides is 1. The van der Waals surface area contributed by atoms with Gasteiger partial charge in [0.2, 0.25) is 15.9 Å². The molecule has 0 unspecified atom stereocenters. The van der Waals surface area contributed by atoms with Crippen LogP contribution < -0.4 is 5.32 Å². The molecule has 1 amide bonds. The minimum absolute atomic E-state index is 0.0313. The molecule has 0 radical (unpaired) electrons. The van der Waals surface area contributed by atoms with E-state index in [1.165, 1.54) is 10.4 Å². The van der Waals surface area contributed by atoms with Crippen LogP contribution in [0.15, 0.2) is 17.2 Å². The molecule has 1 aliphatic heterocycles. The van der Waals surface area contributed by atoms with Gasteiger partial charge in [-0.2, -0.15) is 4.31 Å². The molecule has 104 valence electrons. The molecule has 1 aromatic heterocycles. The van der Waals surface area contributed by atoms with Crippen LogP contribution in [0.1, 0.15) is 6.42 Å². The molecular formula is C10H11Cl2N3O3S. The number of aromatic nitrogens is 1. The van der Waals surface area contributed by atoms with Crippen molar-refractivity contribution in [3.63, 3.8) is 0 Å². The summed E-state index contributed by atoms with van der Waals surface area (Å²) in [5, 5.41) is 2.74. The summed E-state index contributed by atoms with van der Waals surface area (Å²) in [7, 11) is -3.71. The molecule has 9 heteroatoms. The van der Waals surface area contributed by atoms with E-state index < -0.39 is 10.0 Å². The molecule has 19 heavy (non-hydrogen) atoms. The molecule has 2 rings (SSSR count). The predicted molar refractivity (Wildman–Crippen MR) is 70.6 cm³/mol. The van der Waals surface area contributed by atoms with E-state index in [0.29, 0.717) is 0 Å². The maximum absolute atomic E-state index is 12.4. The second-order valence-corrected chi connectivity index (χ2v) is 6.65. The number of carbonyl (C=O) groups excluding carboxylic acids is 1. The SMILES string of the molecule is O=C1CCN(S(=O)(=O)c2cnc(Cl)c(Cl)c2)CCN1. The largest absolute Gasteiger partial charge is 0.355 e. The molecule has 1 aliphatic rings. The highest BCUT2D eigenvalue weighted by Crippen LogP contribution is 2.24. The normalized spacial score (nSPS) is 17.9. The molecule has 1 fully saturated rings. The number of rotatable bonds is 2. The van der Waals surface area contributed by atoms with Crippen LogP contribution in [0.25, 0.3) is 0 Å². The first kappa shape index (κ1) is 14.5. The molecular weight excluding hydrogens is 313 g/mol. The Balaban J connectivity index is 2.30. The van der Waals surface area contributed by atoms with Crippen molar-refractivity contribution in [2.75, 3.05) is 19.6 Å². The van der Waals surface area contributed by atoms with Gasteiger partial charge in [-0.15, -0.1) is 0 Å². The molecule has 0 spiro atoms. The van der Waals surface area contributed by atoms with Gasteiger partial charge in [0.05, 0.1) is 5.02 Å². The number of pyridine rings is 1. The fourth-order valence-corrected chi connectivity index (χ4v) is 3.43. The van der Waals surface area contributed by atoms with E-state index in [2.05, 4.69) is 10.3 Å². The fraction of sp³-hybridized carbons (Fsp3) is 0.400. The molecule has 2 heterocycles. The summed E-state index contributed by atoms with van der Waals surface area (Å²) in [5.41, 5.74) is 0. The van der Waals surface area contributed by atoms with Crippen molar-refractivity contribution < 1.29 is 13.2 Å². The van der Waals surface area contributed by atoms with E-state index >= 15 is 0 Å². The lowest BCUT2D eigenvalue weighted by atomic mass is 10.4. The Morgan fingerprint density at radius 1 is 1.32 bits per heavy atom. The average Bonchev–Trinajstić information content (AvgIpc) is 2.57. The summed E-state index contributed by atoms with van der Waals surface area (Å²) in [6.07, 6.45) is 1.29. The number of sulfonamides is 1. The van der Waals surface area contributed by atoms with E-state index in [-0.39, 0.29) is 47.0 Å². The van der Waals surface area contributed by atoms with Crippen LogP contribution in [0, 0.1) is 0 Å². The Morgan fingerprint density at radius 2 is 2.05 bits per heavy atom. The molecule has 1 aromatic rings. The topological polar surface area (TPSA) is 79.4 Å². The fourth-order valence-electron chi connectivity index (χ4n) is 1.68. The molecule has 0 aromatic carbocycles. The second-order valence-electron chi connectivity index (χ2n) is 3.95. The third-order valence-corrected chi connectivity index (χ3v) is 5.23. The second kappa shape index (κ2) is 5.62. The summed E-state index contributed by atoms with van der Waals surface area (Å²) in [4.78, 5) is 14.9. The molecule has 6 nitrogen and oxygen atoms in total. The summed E-state index contributed by atoms with van der Waals surface area (Å²) < 4.78 is 25.9. The van der Waals surface area contributed by atoms with Crippen molar-refractivity contribution in [1.82, 2.24) is 14.6 Å². The van der Waals surface area contributed by atoms with Crippen molar-refractivity contribution in [3.05, 3.63) is 22.4 Å². The first-order valence-electron chi connectivity index (χ1n) is 5.49. The summed E-state index contributed by atoms with van der Waals surface area (Å²) in [5.74, 6) is -0.162. The lowest BCUT2D eigenvalue weighted by molar-refractivity contribution is -0.120. The number of nitrogens with one attached hydrogen (secondary N) is 1. The molecule has 0 saturated carbocycles. The minimum Gasteiger partial charge on any atom is -0.355 e. The molecule has 0 bridgehead atoms. The lowest BCUT2D eigenvalue weighted by Crippen LogP contribution is -2.34. The Hall–Kier alpha value is -0.890. The zero-order valence-electron chi connectivity index (χ0n) is 9.77. The number of hydrogen-bond donors (Lipinski definition) is 1. The van der Waals surface area contributed by atoms with Gasteiger partial charge >= 0.3 is 0 Å². The van der Waals surface area contributed by atoms with Crippen molar-refractivity contribution in [2.24, 2.45) is 0 Å². The molecule has 0 atom stereocenters. The smallest absolute Gasteiger partial charge is 0.244 e.